The number of amides is 1. The minimum absolute atomic E-state index is 0.00980. The van der Waals surface area contributed by atoms with Crippen molar-refractivity contribution in [3.8, 4) is 0 Å². The number of aromatic nitrogens is 2. The number of carbonyl (C=O) groups excluding carboxylic acids is 1. The van der Waals surface area contributed by atoms with E-state index >= 15 is 0 Å². The molecule has 0 bridgehead atoms. The molecule has 0 unspecified atom stereocenters. The zero-order chi connectivity index (χ0) is 18.9. The van der Waals surface area contributed by atoms with E-state index in [9.17, 15) is 13.2 Å². The smallest absolute Gasteiger partial charge is 0.244 e. The molecule has 1 aliphatic rings. The van der Waals surface area contributed by atoms with Crippen LogP contribution in [0.2, 0.25) is 0 Å². The maximum absolute atomic E-state index is 12.7. The summed E-state index contributed by atoms with van der Waals surface area (Å²) in [5.41, 5.74) is 1.99. The van der Waals surface area contributed by atoms with Crippen molar-refractivity contribution in [2.45, 2.75) is 44.3 Å². The van der Waals surface area contributed by atoms with Gasteiger partial charge in [-0.05, 0) is 49.6 Å². The Bertz CT molecular complexity index is 891. The Morgan fingerprint density at radius 1 is 1.31 bits per heavy atom. The molecule has 2 heterocycles. The number of benzene rings is 1. The summed E-state index contributed by atoms with van der Waals surface area (Å²) < 4.78 is 28.3. The van der Waals surface area contributed by atoms with Gasteiger partial charge in [0.1, 0.15) is 6.54 Å². The number of hydrogen-bond donors (Lipinski definition) is 0. The quantitative estimate of drug-likeness (QED) is 0.792. The van der Waals surface area contributed by atoms with E-state index in [-0.39, 0.29) is 18.5 Å². The van der Waals surface area contributed by atoms with E-state index in [1.54, 1.807) is 47.2 Å². The number of fused-ring (bicyclic) bond motifs is 1. The Balaban J connectivity index is 1.76. The summed E-state index contributed by atoms with van der Waals surface area (Å²) in [6.07, 6.45) is 4.06. The third-order valence-electron chi connectivity index (χ3n) is 4.80. The molecular weight excluding hydrogens is 352 g/mol. The Labute approximate surface area is 154 Å². The molecule has 0 saturated heterocycles. The van der Waals surface area contributed by atoms with Gasteiger partial charge in [-0.3, -0.25) is 9.48 Å². The molecule has 0 atom stereocenters. The highest BCUT2D eigenvalue weighted by atomic mass is 32.2. The second kappa shape index (κ2) is 7.20. The topological polar surface area (TPSA) is 75.5 Å². The molecule has 26 heavy (non-hydrogen) atoms. The van der Waals surface area contributed by atoms with Crippen molar-refractivity contribution in [2.75, 3.05) is 13.6 Å². The maximum atomic E-state index is 12.7. The van der Waals surface area contributed by atoms with Crippen molar-refractivity contribution in [1.82, 2.24) is 19.0 Å². The lowest BCUT2D eigenvalue weighted by Gasteiger charge is -2.29. The molecule has 1 amide bonds. The molecule has 0 fully saturated rings. The van der Waals surface area contributed by atoms with Crippen LogP contribution in [0.3, 0.4) is 0 Å². The summed E-state index contributed by atoms with van der Waals surface area (Å²) >= 11 is 0. The number of hydrogen-bond acceptors (Lipinski definition) is 4. The number of rotatable bonds is 5. The summed E-state index contributed by atoms with van der Waals surface area (Å²) in [5.74, 6) is 0.00980. The standard InChI is InChI=1S/C18H24N4O3S/c1-14(2)20(3)26(24,25)17-6-5-16-12-21(10-7-15(16)11-17)18(23)13-22-9-4-8-19-22/h4-6,8-9,11,14H,7,10,12-13H2,1-3H3. The summed E-state index contributed by atoms with van der Waals surface area (Å²) in [6.45, 7) is 4.98. The van der Waals surface area contributed by atoms with Gasteiger partial charge in [-0.25, -0.2) is 8.42 Å². The SMILES string of the molecule is CC(C)N(C)S(=O)(=O)c1ccc2c(c1)CCN(C(=O)Cn1cccn1)C2. The van der Waals surface area contributed by atoms with Gasteiger partial charge in [0.05, 0.1) is 4.90 Å². The molecule has 1 aromatic carbocycles. The molecule has 0 radical (unpaired) electrons. The number of carbonyl (C=O) groups is 1. The van der Waals surface area contributed by atoms with Crippen LogP contribution < -0.4 is 0 Å². The average Bonchev–Trinajstić information content (AvgIpc) is 3.12. The minimum Gasteiger partial charge on any atom is -0.336 e. The first kappa shape index (κ1) is 18.6. The van der Waals surface area contributed by atoms with Gasteiger partial charge in [-0.15, -0.1) is 0 Å². The van der Waals surface area contributed by atoms with E-state index in [2.05, 4.69) is 5.10 Å². The van der Waals surface area contributed by atoms with Gasteiger partial charge in [0, 0.05) is 38.6 Å². The molecule has 1 aliphatic heterocycles. The fourth-order valence-electron chi connectivity index (χ4n) is 2.98. The lowest BCUT2D eigenvalue weighted by atomic mass is 10.00. The van der Waals surface area contributed by atoms with Crippen LogP contribution in [-0.2, 0) is 34.3 Å². The van der Waals surface area contributed by atoms with Crippen molar-refractivity contribution in [3.63, 3.8) is 0 Å². The molecule has 3 rings (SSSR count). The molecule has 0 saturated carbocycles. The molecule has 8 heteroatoms. The first-order chi connectivity index (χ1) is 12.3. The van der Waals surface area contributed by atoms with E-state index < -0.39 is 10.0 Å². The molecular formula is C18H24N4O3S. The minimum atomic E-state index is -3.49. The van der Waals surface area contributed by atoms with Crippen molar-refractivity contribution in [2.24, 2.45) is 0 Å². The van der Waals surface area contributed by atoms with Crippen molar-refractivity contribution < 1.29 is 13.2 Å². The maximum Gasteiger partial charge on any atom is 0.244 e. The summed E-state index contributed by atoms with van der Waals surface area (Å²) in [5, 5.41) is 4.06. The van der Waals surface area contributed by atoms with Gasteiger partial charge in [-0.1, -0.05) is 6.07 Å². The Morgan fingerprint density at radius 2 is 2.08 bits per heavy atom. The van der Waals surface area contributed by atoms with E-state index in [1.807, 2.05) is 19.9 Å². The average molecular weight is 376 g/mol. The van der Waals surface area contributed by atoms with Crippen LogP contribution in [0.1, 0.15) is 25.0 Å². The number of nitrogens with zero attached hydrogens (tertiary/aromatic N) is 4. The van der Waals surface area contributed by atoms with Crippen molar-refractivity contribution >= 4 is 15.9 Å². The van der Waals surface area contributed by atoms with Crippen LogP contribution in [0.4, 0.5) is 0 Å². The monoisotopic (exact) mass is 376 g/mol. The van der Waals surface area contributed by atoms with Crippen LogP contribution >= 0.6 is 0 Å². The Hall–Kier alpha value is -2.19. The van der Waals surface area contributed by atoms with E-state index in [0.29, 0.717) is 24.4 Å². The predicted molar refractivity (Wildman–Crippen MR) is 97.9 cm³/mol. The molecule has 7 nitrogen and oxygen atoms in total. The summed E-state index contributed by atoms with van der Waals surface area (Å²) in [6, 6.07) is 6.89. The second-order valence-electron chi connectivity index (χ2n) is 6.81. The normalized spacial score (nSPS) is 14.7. The van der Waals surface area contributed by atoms with Gasteiger partial charge in [-0.2, -0.15) is 9.40 Å². The van der Waals surface area contributed by atoms with Crippen LogP contribution in [-0.4, -0.2) is 52.9 Å². The molecule has 0 spiro atoms. The fraction of sp³-hybridized carbons (Fsp3) is 0.444. The highest BCUT2D eigenvalue weighted by molar-refractivity contribution is 7.89. The first-order valence-corrected chi connectivity index (χ1v) is 10.1. The Kier molecular flexibility index (Phi) is 5.15. The van der Waals surface area contributed by atoms with Gasteiger partial charge < -0.3 is 4.90 Å². The molecule has 2 aromatic rings. The largest absolute Gasteiger partial charge is 0.336 e. The predicted octanol–water partition coefficient (Wildman–Crippen LogP) is 1.50. The van der Waals surface area contributed by atoms with Crippen molar-refractivity contribution in [1.29, 1.82) is 0 Å². The Morgan fingerprint density at radius 3 is 2.73 bits per heavy atom. The highest BCUT2D eigenvalue weighted by Crippen LogP contribution is 2.25. The van der Waals surface area contributed by atoms with Crippen molar-refractivity contribution in [3.05, 3.63) is 47.8 Å². The van der Waals surface area contributed by atoms with Gasteiger partial charge >= 0.3 is 0 Å². The van der Waals surface area contributed by atoms with E-state index in [4.69, 9.17) is 0 Å². The van der Waals surface area contributed by atoms with Crippen LogP contribution in [0.15, 0.2) is 41.6 Å². The second-order valence-corrected chi connectivity index (χ2v) is 8.81. The van der Waals surface area contributed by atoms with Gasteiger partial charge in [0.25, 0.3) is 0 Å². The molecule has 0 aliphatic carbocycles. The lowest BCUT2D eigenvalue weighted by Crippen LogP contribution is -2.38. The summed E-state index contributed by atoms with van der Waals surface area (Å²) in [7, 11) is -1.90. The van der Waals surface area contributed by atoms with Crippen LogP contribution in [0.25, 0.3) is 0 Å². The summed E-state index contributed by atoms with van der Waals surface area (Å²) in [4.78, 5) is 14.5. The van der Waals surface area contributed by atoms with Crippen LogP contribution in [0, 0.1) is 0 Å². The van der Waals surface area contributed by atoms with Gasteiger partial charge in [0.15, 0.2) is 0 Å². The lowest BCUT2D eigenvalue weighted by molar-refractivity contribution is -0.133. The molecule has 0 N–H and O–H groups in total. The van der Waals surface area contributed by atoms with E-state index in [0.717, 1.165) is 11.1 Å². The number of sulfonamides is 1. The highest BCUT2D eigenvalue weighted by Gasteiger charge is 2.26. The van der Waals surface area contributed by atoms with Gasteiger partial charge in [0.2, 0.25) is 15.9 Å². The molecule has 1 aromatic heterocycles. The third kappa shape index (κ3) is 3.66. The first-order valence-electron chi connectivity index (χ1n) is 8.64. The zero-order valence-electron chi connectivity index (χ0n) is 15.3. The van der Waals surface area contributed by atoms with E-state index in [1.165, 1.54) is 4.31 Å². The fourth-order valence-corrected chi connectivity index (χ4v) is 4.40. The third-order valence-corrected chi connectivity index (χ3v) is 6.83. The zero-order valence-corrected chi connectivity index (χ0v) is 16.1. The molecule has 140 valence electrons. The van der Waals surface area contributed by atoms with Crippen LogP contribution in [0.5, 0.6) is 0 Å².